The average molecular weight is 391 g/mol. The molecule has 144 valence electrons. The molecule has 1 fully saturated rings. The van der Waals surface area contributed by atoms with Crippen LogP contribution in [0.2, 0.25) is 0 Å². The number of aromatic nitrogens is 2. The highest BCUT2D eigenvalue weighted by Gasteiger charge is 2.32. The molecule has 2 aromatic rings. The third-order valence-corrected chi connectivity index (χ3v) is 6.75. The number of carbonyl (C=O) groups excluding carboxylic acids is 1. The van der Waals surface area contributed by atoms with E-state index in [2.05, 4.69) is 10.4 Å². The van der Waals surface area contributed by atoms with Crippen LogP contribution in [0.3, 0.4) is 0 Å². The minimum Gasteiger partial charge on any atom is -0.454 e. The highest BCUT2D eigenvalue weighted by atomic mass is 32.2. The first kappa shape index (κ1) is 17.8. The molecule has 1 amide bonds. The van der Waals surface area contributed by atoms with Gasteiger partial charge in [-0.3, -0.25) is 9.48 Å². The Kier molecular flexibility index (Phi) is 4.33. The molecule has 1 saturated heterocycles. The number of amides is 1. The Morgan fingerprint density at radius 1 is 1.30 bits per heavy atom. The lowest BCUT2D eigenvalue weighted by atomic mass is 10.1. The minimum atomic E-state index is -3.02. The standard InChI is InChI=1S/C18H21N3O5S/c1-11-17(12(2)21(20-11)14-5-6-27(23,24)9-14)18(22)19-8-13-3-4-15-16(7-13)26-10-25-15/h3-4,7,14H,5-6,8-10H2,1-2H3,(H,19,22)/t14-/m0/s1. The zero-order chi connectivity index (χ0) is 19.2. The topological polar surface area (TPSA) is 99.5 Å². The zero-order valence-electron chi connectivity index (χ0n) is 15.2. The summed E-state index contributed by atoms with van der Waals surface area (Å²) in [6, 6.07) is 5.33. The van der Waals surface area contributed by atoms with E-state index >= 15 is 0 Å². The Hall–Kier alpha value is -2.55. The summed E-state index contributed by atoms with van der Waals surface area (Å²) >= 11 is 0. The molecule has 0 unspecified atom stereocenters. The Morgan fingerprint density at radius 3 is 2.81 bits per heavy atom. The van der Waals surface area contributed by atoms with Gasteiger partial charge in [-0.25, -0.2) is 8.42 Å². The molecule has 1 aromatic heterocycles. The lowest BCUT2D eigenvalue weighted by Crippen LogP contribution is -2.24. The van der Waals surface area contributed by atoms with Gasteiger partial charge >= 0.3 is 0 Å². The smallest absolute Gasteiger partial charge is 0.255 e. The summed E-state index contributed by atoms with van der Waals surface area (Å²) in [7, 11) is -3.02. The van der Waals surface area contributed by atoms with Gasteiger partial charge in [0.05, 0.1) is 28.8 Å². The number of nitrogens with zero attached hydrogens (tertiary/aromatic N) is 2. The van der Waals surface area contributed by atoms with E-state index in [0.717, 1.165) is 5.56 Å². The summed E-state index contributed by atoms with van der Waals surface area (Å²) in [6.07, 6.45) is 0.530. The van der Waals surface area contributed by atoms with Gasteiger partial charge in [-0.2, -0.15) is 5.10 Å². The number of ether oxygens (including phenoxy) is 2. The van der Waals surface area contributed by atoms with Crippen molar-refractivity contribution in [3.8, 4) is 11.5 Å². The summed E-state index contributed by atoms with van der Waals surface area (Å²) < 4.78 is 35.8. The van der Waals surface area contributed by atoms with E-state index < -0.39 is 9.84 Å². The second-order valence-corrected chi connectivity index (χ2v) is 9.15. The van der Waals surface area contributed by atoms with Crippen molar-refractivity contribution in [2.75, 3.05) is 18.3 Å². The van der Waals surface area contributed by atoms with Crippen LogP contribution in [0.25, 0.3) is 0 Å². The predicted molar refractivity (Wildman–Crippen MR) is 97.7 cm³/mol. The number of carbonyl (C=O) groups is 1. The molecule has 0 radical (unpaired) electrons. The molecule has 2 aliphatic heterocycles. The van der Waals surface area contributed by atoms with Gasteiger partial charge in [0.15, 0.2) is 21.3 Å². The van der Waals surface area contributed by atoms with Gasteiger partial charge in [0.25, 0.3) is 5.91 Å². The Morgan fingerprint density at radius 2 is 2.07 bits per heavy atom. The fourth-order valence-electron chi connectivity index (χ4n) is 3.64. The molecule has 1 aromatic carbocycles. The fraction of sp³-hybridized carbons (Fsp3) is 0.444. The molecule has 8 nitrogen and oxygen atoms in total. The Balaban J connectivity index is 1.49. The van der Waals surface area contributed by atoms with E-state index in [0.29, 0.717) is 41.4 Å². The van der Waals surface area contributed by atoms with Crippen LogP contribution in [0.1, 0.15) is 39.8 Å². The molecule has 9 heteroatoms. The molecule has 3 heterocycles. The molecule has 0 aliphatic carbocycles. The maximum absolute atomic E-state index is 12.7. The van der Waals surface area contributed by atoms with Crippen LogP contribution in [0.15, 0.2) is 18.2 Å². The molecule has 0 bridgehead atoms. The van der Waals surface area contributed by atoms with Crippen molar-refractivity contribution >= 4 is 15.7 Å². The van der Waals surface area contributed by atoms with Crippen molar-refractivity contribution in [1.82, 2.24) is 15.1 Å². The number of hydrogen-bond acceptors (Lipinski definition) is 6. The van der Waals surface area contributed by atoms with Gasteiger partial charge in [-0.15, -0.1) is 0 Å². The average Bonchev–Trinajstić information content (AvgIpc) is 3.29. The number of benzene rings is 1. The van der Waals surface area contributed by atoms with Crippen molar-refractivity contribution < 1.29 is 22.7 Å². The summed E-state index contributed by atoms with van der Waals surface area (Å²) in [6.45, 7) is 4.12. The number of hydrogen-bond donors (Lipinski definition) is 1. The Labute approximate surface area is 157 Å². The summed E-state index contributed by atoms with van der Waals surface area (Å²) in [5, 5.41) is 7.34. The van der Waals surface area contributed by atoms with Crippen LogP contribution in [-0.2, 0) is 16.4 Å². The molecular formula is C18H21N3O5S. The van der Waals surface area contributed by atoms with Crippen LogP contribution in [0.5, 0.6) is 11.5 Å². The van der Waals surface area contributed by atoms with E-state index in [1.54, 1.807) is 18.5 Å². The second kappa shape index (κ2) is 6.56. The third kappa shape index (κ3) is 3.39. The fourth-order valence-corrected chi connectivity index (χ4v) is 5.33. The molecule has 2 aliphatic rings. The minimum absolute atomic E-state index is 0.0766. The summed E-state index contributed by atoms with van der Waals surface area (Å²) in [5.41, 5.74) is 2.69. The number of sulfone groups is 1. The molecule has 0 saturated carbocycles. The van der Waals surface area contributed by atoms with Crippen LogP contribution in [0.4, 0.5) is 0 Å². The maximum Gasteiger partial charge on any atom is 0.255 e. The first-order chi connectivity index (χ1) is 12.8. The van der Waals surface area contributed by atoms with E-state index in [9.17, 15) is 13.2 Å². The normalized spacial score (nSPS) is 20.0. The number of nitrogens with one attached hydrogen (secondary N) is 1. The largest absolute Gasteiger partial charge is 0.454 e. The van der Waals surface area contributed by atoms with E-state index in [1.807, 2.05) is 18.2 Å². The number of aryl methyl sites for hydroxylation is 1. The van der Waals surface area contributed by atoms with Crippen molar-refractivity contribution in [2.45, 2.75) is 32.9 Å². The van der Waals surface area contributed by atoms with E-state index in [-0.39, 0.29) is 30.2 Å². The first-order valence-corrected chi connectivity index (χ1v) is 10.6. The molecule has 27 heavy (non-hydrogen) atoms. The SMILES string of the molecule is Cc1nn([C@H]2CCS(=O)(=O)C2)c(C)c1C(=O)NCc1ccc2c(c1)OCO2. The first-order valence-electron chi connectivity index (χ1n) is 8.77. The van der Waals surface area contributed by atoms with Gasteiger partial charge in [-0.1, -0.05) is 6.07 Å². The van der Waals surface area contributed by atoms with Crippen LogP contribution in [0, 0.1) is 13.8 Å². The lowest BCUT2D eigenvalue weighted by Gasteiger charge is -2.11. The monoisotopic (exact) mass is 391 g/mol. The molecule has 4 rings (SSSR count). The lowest BCUT2D eigenvalue weighted by molar-refractivity contribution is 0.0949. The summed E-state index contributed by atoms with van der Waals surface area (Å²) in [5.74, 6) is 1.39. The van der Waals surface area contributed by atoms with Gasteiger partial charge < -0.3 is 14.8 Å². The zero-order valence-corrected chi connectivity index (χ0v) is 16.0. The molecular weight excluding hydrogens is 370 g/mol. The van der Waals surface area contributed by atoms with Crippen LogP contribution < -0.4 is 14.8 Å². The number of rotatable bonds is 4. The molecule has 0 spiro atoms. The van der Waals surface area contributed by atoms with Gasteiger partial charge in [0.2, 0.25) is 6.79 Å². The third-order valence-electron chi connectivity index (χ3n) is 5.00. The molecule has 1 N–H and O–H groups in total. The van der Waals surface area contributed by atoms with Crippen LogP contribution in [-0.4, -0.2) is 42.4 Å². The van der Waals surface area contributed by atoms with Crippen molar-refractivity contribution in [3.05, 3.63) is 40.7 Å². The second-order valence-electron chi connectivity index (χ2n) is 6.92. The number of fused-ring (bicyclic) bond motifs is 1. The highest BCUT2D eigenvalue weighted by Crippen LogP contribution is 2.32. The quantitative estimate of drug-likeness (QED) is 0.848. The van der Waals surface area contributed by atoms with Gasteiger partial charge in [-0.05, 0) is 38.0 Å². The predicted octanol–water partition coefficient (Wildman–Crippen LogP) is 1.52. The van der Waals surface area contributed by atoms with Crippen molar-refractivity contribution in [1.29, 1.82) is 0 Å². The van der Waals surface area contributed by atoms with E-state index in [1.165, 1.54) is 0 Å². The van der Waals surface area contributed by atoms with Crippen molar-refractivity contribution in [3.63, 3.8) is 0 Å². The maximum atomic E-state index is 12.7. The van der Waals surface area contributed by atoms with E-state index in [4.69, 9.17) is 9.47 Å². The highest BCUT2D eigenvalue weighted by molar-refractivity contribution is 7.91. The van der Waals surface area contributed by atoms with Crippen LogP contribution >= 0.6 is 0 Å². The summed E-state index contributed by atoms with van der Waals surface area (Å²) in [4.78, 5) is 12.7. The van der Waals surface area contributed by atoms with Gasteiger partial charge in [0, 0.05) is 12.2 Å². The van der Waals surface area contributed by atoms with Crippen molar-refractivity contribution in [2.24, 2.45) is 0 Å². The van der Waals surface area contributed by atoms with Gasteiger partial charge in [0.1, 0.15) is 0 Å². The molecule has 1 atom stereocenters. The Bertz CT molecular complexity index is 1010.